The van der Waals surface area contributed by atoms with Gasteiger partial charge in [0.05, 0.1) is 24.2 Å². The Bertz CT molecular complexity index is 916. The van der Waals surface area contributed by atoms with E-state index in [1.54, 1.807) is 6.07 Å². The maximum atomic E-state index is 13.2. The van der Waals surface area contributed by atoms with Gasteiger partial charge in [0.15, 0.2) is 0 Å². The molecule has 2 aromatic rings. The van der Waals surface area contributed by atoms with Crippen LogP contribution in [0.4, 0.5) is 13.2 Å². The minimum absolute atomic E-state index is 0.188. The van der Waals surface area contributed by atoms with Crippen LogP contribution in [-0.4, -0.2) is 37.1 Å². The molecule has 1 aliphatic heterocycles. The zero-order chi connectivity index (χ0) is 22.6. The van der Waals surface area contributed by atoms with Crippen molar-refractivity contribution in [2.45, 2.75) is 50.4 Å². The first-order chi connectivity index (χ1) is 15.4. The second-order valence-corrected chi connectivity index (χ2v) is 8.76. The number of benzene rings is 2. The third kappa shape index (κ3) is 5.15. The normalized spacial score (nSPS) is 19.1. The molecule has 0 bridgehead atoms. The summed E-state index contributed by atoms with van der Waals surface area (Å²) in [6, 6.07) is 13.4. The van der Waals surface area contributed by atoms with E-state index in [9.17, 15) is 18.0 Å². The number of nitrogens with zero attached hydrogens (tertiary/aromatic N) is 1. The van der Waals surface area contributed by atoms with Gasteiger partial charge in [-0.1, -0.05) is 55.3 Å². The van der Waals surface area contributed by atoms with Crippen molar-refractivity contribution in [3.8, 4) is 0 Å². The van der Waals surface area contributed by atoms with Crippen LogP contribution in [0.5, 0.6) is 0 Å². The molecule has 1 aliphatic carbocycles. The van der Waals surface area contributed by atoms with Crippen LogP contribution in [0.3, 0.4) is 0 Å². The first kappa shape index (κ1) is 22.8. The number of hydrogen-bond donors (Lipinski definition) is 1. The molecular weight excluding hydrogens is 417 g/mol. The number of rotatable bonds is 6. The van der Waals surface area contributed by atoms with Crippen molar-refractivity contribution in [2.75, 3.05) is 26.3 Å². The summed E-state index contributed by atoms with van der Waals surface area (Å²) in [6.07, 6.45) is -1.62. The fraction of sp³-hybridized carbons (Fsp3) is 0.480. The summed E-state index contributed by atoms with van der Waals surface area (Å²) in [7, 11) is 0. The van der Waals surface area contributed by atoms with Crippen molar-refractivity contribution < 1.29 is 22.7 Å². The fourth-order valence-corrected chi connectivity index (χ4v) is 4.75. The van der Waals surface area contributed by atoms with Gasteiger partial charge >= 0.3 is 6.18 Å². The summed E-state index contributed by atoms with van der Waals surface area (Å²) in [5.74, 6) is -0.188. The lowest BCUT2D eigenvalue weighted by molar-refractivity contribution is -0.138. The van der Waals surface area contributed by atoms with E-state index in [1.165, 1.54) is 11.6 Å². The van der Waals surface area contributed by atoms with Gasteiger partial charge in [-0.2, -0.15) is 13.2 Å². The van der Waals surface area contributed by atoms with Crippen LogP contribution in [0.2, 0.25) is 0 Å². The number of amides is 1. The maximum Gasteiger partial charge on any atom is 0.416 e. The number of halogens is 3. The maximum absolute atomic E-state index is 13.2. The second-order valence-electron chi connectivity index (χ2n) is 8.76. The standard InChI is InChI=1S/C25H29F3N2O2/c26-25(27,28)22-5-3-4-21(16-22)24(10-1-2-11-24)23(31)29-17-19-6-8-20(9-7-19)18-30-12-14-32-15-13-30/h3-9,16H,1-2,10-15,17-18H2,(H,29,31). The average molecular weight is 447 g/mol. The minimum atomic E-state index is -4.42. The molecule has 2 fully saturated rings. The molecule has 32 heavy (non-hydrogen) atoms. The quantitative estimate of drug-likeness (QED) is 0.702. The van der Waals surface area contributed by atoms with Crippen molar-refractivity contribution in [1.82, 2.24) is 10.2 Å². The number of nitrogens with one attached hydrogen (secondary N) is 1. The minimum Gasteiger partial charge on any atom is -0.379 e. The van der Waals surface area contributed by atoms with E-state index in [2.05, 4.69) is 22.3 Å². The van der Waals surface area contributed by atoms with Crippen molar-refractivity contribution in [3.63, 3.8) is 0 Å². The number of ether oxygens (including phenoxy) is 1. The Balaban J connectivity index is 1.41. The lowest BCUT2D eigenvalue weighted by Gasteiger charge is -2.29. The Morgan fingerprint density at radius 3 is 2.31 bits per heavy atom. The monoisotopic (exact) mass is 446 g/mol. The Morgan fingerprint density at radius 1 is 1.00 bits per heavy atom. The van der Waals surface area contributed by atoms with Crippen LogP contribution >= 0.6 is 0 Å². The average Bonchev–Trinajstić information content (AvgIpc) is 3.30. The molecule has 1 saturated heterocycles. The molecule has 0 aromatic heterocycles. The highest BCUT2D eigenvalue weighted by Gasteiger charge is 2.43. The molecule has 2 aliphatic rings. The molecule has 172 valence electrons. The van der Waals surface area contributed by atoms with E-state index in [1.807, 2.05) is 12.1 Å². The Hall–Kier alpha value is -2.38. The number of alkyl halides is 3. The van der Waals surface area contributed by atoms with Crippen molar-refractivity contribution in [3.05, 3.63) is 70.8 Å². The first-order valence-electron chi connectivity index (χ1n) is 11.2. The topological polar surface area (TPSA) is 41.6 Å². The molecule has 0 unspecified atom stereocenters. The Morgan fingerprint density at radius 2 is 1.66 bits per heavy atom. The largest absolute Gasteiger partial charge is 0.416 e. The lowest BCUT2D eigenvalue weighted by Crippen LogP contribution is -2.42. The molecule has 4 rings (SSSR count). The smallest absolute Gasteiger partial charge is 0.379 e. The highest BCUT2D eigenvalue weighted by atomic mass is 19.4. The van der Waals surface area contributed by atoms with E-state index < -0.39 is 17.2 Å². The highest BCUT2D eigenvalue weighted by molar-refractivity contribution is 5.88. The zero-order valence-corrected chi connectivity index (χ0v) is 18.1. The van der Waals surface area contributed by atoms with E-state index >= 15 is 0 Å². The van der Waals surface area contributed by atoms with Crippen LogP contribution in [0, 0.1) is 0 Å². The number of morpholine rings is 1. The van der Waals surface area contributed by atoms with Crippen LogP contribution in [0.1, 0.15) is 47.9 Å². The van der Waals surface area contributed by atoms with Crippen LogP contribution < -0.4 is 5.32 Å². The number of carbonyl (C=O) groups is 1. The van der Waals surface area contributed by atoms with Gasteiger partial charge < -0.3 is 10.1 Å². The third-order valence-corrected chi connectivity index (χ3v) is 6.62. The lowest BCUT2D eigenvalue weighted by atomic mass is 9.77. The molecule has 0 radical (unpaired) electrons. The summed E-state index contributed by atoms with van der Waals surface area (Å²) in [5, 5.41) is 2.99. The molecule has 4 nitrogen and oxygen atoms in total. The van der Waals surface area contributed by atoms with Crippen molar-refractivity contribution in [2.24, 2.45) is 0 Å². The van der Waals surface area contributed by atoms with Crippen molar-refractivity contribution in [1.29, 1.82) is 0 Å². The van der Waals surface area contributed by atoms with Crippen molar-refractivity contribution >= 4 is 5.91 Å². The first-order valence-corrected chi connectivity index (χ1v) is 11.2. The summed E-state index contributed by atoms with van der Waals surface area (Å²) in [6.45, 7) is 4.60. The molecule has 1 heterocycles. The molecule has 2 aromatic carbocycles. The second kappa shape index (κ2) is 9.63. The number of hydrogen-bond acceptors (Lipinski definition) is 3. The predicted molar refractivity (Wildman–Crippen MR) is 116 cm³/mol. The van der Waals surface area contributed by atoms with E-state index in [-0.39, 0.29) is 5.91 Å². The van der Waals surface area contributed by atoms with Gasteiger partial charge in [0.25, 0.3) is 0 Å². The summed E-state index contributed by atoms with van der Waals surface area (Å²) in [4.78, 5) is 15.6. The molecule has 1 N–H and O–H groups in total. The zero-order valence-electron chi connectivity index (χ0n) is 18.1. The van der Waals surface area contributed by atoms with Crippen LogP contribution in [0.25, 0.3) is 0 Å². The Kier molecular flexibility index (Phi) is 6.86. The molecule has 1 amide bonds. The summed E-state index contributed by atoms with van der Waals surface area (Å²) < 4.78 is 45.0. The van der Waals surface area contributed by atoms with Gasteiger partial charge in [-0.05, 0) is 35.6 Å². The van der Waals surface area contributed by atoms with Crippen LogP contribution in [-0.2, 0) is 34.2 Å². The van der Waals surface area contributed by atoms with Crippen LogP contribution in [0.15, 0.2) is 48.5 Å². The summed E-state index contributed by atoms with van der Waals surface area (Å²) >= 11 is 0. The van der Waals surface area contributed by atoms with E-state index in [0.29, 0.717) is 24.9 Å². The molecule has 7 heteroatoms. The van der Waals surface area contributed by atoms with Gasteiger partial charge in [-0.25, -0.2) is 0 Å². The number of carbonyl (C=O) groups excluding carboxylic acids is 1. The fourth-order valence-electron chi connectivity index (χ4n) is 4.75. The highest BCUT2D eigenvalue weighted by Crippen LogP contribution is 2.43. The van der Waals surface area contributed by atoms with E-state index in [0.717, 1.165) is 63.4 Å². The molecular formula is C25H29F3N2O2. The Labute approximate surface area is 186 Å². The molecule has 0 spiro atoms. The van der Waals surface area contributed by atoms with Gasteiger partial charge in [0, 0.05) is 26.2 Å². The summed E-state index contributed by atoms with van der Waals surface area (Å²) in [5.41, 5.74) is 1.05. The van der Waals surface area contributed by atoms with Gasteiger partial charge in [0.2, 0.25) is 5.91 Å². The third-order valence-electron chi connectivity index (χ3n) is 6.62. The molecule has 0 atom stereocenters. The van der Waals surface area contributed by atoms with Gasteiger partial charge in [-0.15, -0.1) is 0 Å². The molecule has 1 saturated carbocycles. The van der Waals surface area contributed by atoms with E-state index in [4.69, 9.17) is 4.74 Å². The SMILES string of the molecule is O=C(NCc1ccc(CN2CCOCC2)cc1)C1(c2cccc(C(F)(F)F)c2)CCCC1. The predicted octanol–water partition coefficient (Wildman–Crippen LogP) is 4.67. The van der Waals surface area contributed by atoms with Gasteiger partial charge in [-0.3, -0.25) is 9.69 Å². The van der Waals surface area contributed by atoms with Gasteiger partial charge in [0.1, 0.15) is 0 Å².